The lowest BCUT2D eigenvalue weighted by Crippen LogP contribution is -2.16. The summed E-state index contributed by atoms with van der Waals surface area (Å²) in [5.74, 6) is 1.71. The Morgan fingerprint density at radius 2 is 1.83 bits per heavy atom. The third kappa shape index (κ3) is 5.83. The Balaban J connectivity index is 2.04. The molecule has 0 saturated heterocycles. The van der Waals surface area contributed by atoms with Crippen molar-refractivity contribution in [3.8, 4) is 5.75 Å². The quantitative estimate of drug-likeness (QED) is 0.516. The molecule has 0 saturated carbocycles. The number of ether oxygens (including phenoxy) is 1. The molecule has 0 bridgehead atoms. The van der Waals surface area contributed by atoms with Crippen LogP contribution < -0.4 is 10.1 Å². The summed E-state index contributed by atoms with van der Waals surface area (Å²) in [4.78, 5) is 0. The average molecular weight is 328 g/mol. The second-order valence-corrected chi connectivity index (χ2v) is 7.03. The van der Waals surface area contributed by atoms with Crippen molar-refractivity contribution in [2.45, 2.75) is 59.4 Å². The van der Waals surface area contributed by atoms with E-state index < -0.39 is 0 Å². The largest absolute Gasteiger partial charge is 0.493 e. The number of hydrogen-bond acceptors (Lipinski definition) is 2. The van der Waals surface area contributed by atoms with Gasteiger partial charge in [-0.3, -0.25) is 0 Å². The van der Waals surface area contributed by atoms with Gasteiger partial charge in [0.25, 0.3) is 0 Å². The van der Waals surface area contributed by atoms with Crippen molar-refractivity contribution in [3.05, 3.63) is 42.0 Å². The van der Waals surface area contributed by atoms with Crippen LogP contribution in [0.1, 0.15) is 58.4 Å². The molecule has 0 spiro atoms. The smallest absolute Gasteiger partial charge is 0.124 e. The molecule has 1 N–H and O–H groups in total. The van der Waals surface area contributed by atoms with Crippen LogP contribution in [0.5, 0.6) is 5.75 Å². The predicted octanol–water partition coefficient (Wildman–Crippen LogP) is 5.93. The number of fused-ring (bicyclic) bond motifs is 1. The van der Waals surface area contributed by atoms with Gasteiger partial charge in [0.1, 0.15) is 5.75 Å². The van der Waals surface area contributed by atoms with Crippen molar-refractivity contribution in [1.82, 2.24) is 5.32 Å². The summed E-state index contributed by atoms with van der Waals surface area (Å²) in [6.45, 7) is 9.48. The predicted molar refractivity (Wildman–Crippen MR) is 105 cm³/mol. The maximum absolute atomic E-state index is 6.11. The van der Waals surface area contributed by atoms with Gasteiger partial charge in [-0.25, -0.2) is 0 Å². The minimum absolute atomic E-state index is 0.672. The third-order valence-electron chi connectivity index (χ3n) is 4.46. The average Bonchev–Trinajstić information content (AvgIpc) is 2.58. The Labute approximate surface area is 147 Å². The van der Waals surface area contributed by atoms with Crippen molar-refractivity contribution in [2.24, 2.45) is 5.92 Å². The van der Waals surface area contributed by atoms with Gasteiger partial charge in [-0.1, -0.05) is 70.4 Å². The van der Waals surface area contributed by atoms with Crippen molar-refractivity contribution in [1.29, 1.82) is 0 Å². The zero-order valence-corrected chi connectivity index (χ0v) is 15.6. The molecule has 0 aliphatic heterocycles. The SMILES string of the molecule is CCCCCCNCc1c(OCCC(C)C)ccc2ccccc12. The first-order chi connectivity index (χ1) is 11.7. The summed E-state index contributed by atoms with van der Waals surface area (Å²) in [6.07, 6.45) is 6.28. The summed E-state index contributed by atoms with van der Waals surface area (Å²) >= 11 is 0. The molecule has 0 atom stereocenters. The van der Waals surface area contributed by atoms with Crippen molar-refractivity contribution < 1.29 is 4.74 Å². The van der Waals surface area contributed by atoms with Crippen molar-refractivity contribution in [2.75, 3.05) is 13.2 Å². The molecule has 0 radical (unpaired) electrons. The van der Waals surface area contributed by atoms with Crippen LogP contribution in [-0.2, 0) is 6.54 Å². The first kappa shape index (κ1) is 18.8. The fraction of sp³-hybridized carbons (Fsp3) is 0.545. The van der Waals surface area contributed by atoms with Crippen molar-refractivity contribution >= 4 is 10.8 Å². The van der Waals surface area contributed by atoms with Gasteiger partial charge in [-0.05, 0) is 42.1 Å². The molecule has 132 valence electrons. The first-order valence-electron chi connectivity index (χ1n) is 9.56. The van der Waals surface area contributed by atoms with Crippen LogP contribution in [0, 0.1) is 5.92 Å². The lowest BCUT2D eigenvalue weighted by molar-refractivity contribution is 0.287. The Morgan fingerprint density at radius 1 is 1.00 bits per heavy atom. The molecular formula is C22H33NO. The first-order valence-corrected chi connectivity index (χ1v) is 9.56. The van der Waals surface area contributed by atoms with E-state index >= 15 is 0 Å². The highest BCUT2D eigenvalue weighted by molar-refractivity contribution is 5.87. The van der Waals surface area contributed by atoms with Gasteiger partial charge in [0.15, 0.2) is 0 Å². The van der Waals surface area contributed by atoms with Gasteiger partial charge in [0.2, 0.25) is 0 Å². The number of rotatable bonds is 11. The van der Waals surface area contributed by atoms with E-state index in [4.69, 9.17) is 4.74 Å². The maximum Gasteiger partial charge on any atom is 0.124 e. The Bertz CT molecular complexity index is 606. The topological polar surface area (TPSA) is 21.3 Å². The molecule has 24 heavy (non-hydrogen) atoms. The zero-order chi connectivity index (χ0) is 17.2. The zero-order valence-electron chi connectivity index (χ0n) is 15.6. The van der Waals surface area contributed by atoms with Gasteiger partial charge in [-0.2, -0.15) is 0 Å². The summed E-state index contributed by atoms with van der Waals surface area (Å²) < 4.78 is 6.11. The van der Waals surface area contributed by atoms with Gasteiger partial charge in [0, 0.05) is 12.1 Å². The molecule has 2 rings (SSSR count). The Hall–Kier alpha value is -1.54. The Morgan fingerprint density at radius 3 is 2.62 bits per heavy atom. The van der Waals surface area contributed by atoms with Crippen molar-refractivity contribution in [3.63, 3.8) is 0 Å². The highest BCUT2D eigenvalue weighted by Gasteiger charge is 2.09. The summed E-state index contributed by atoms with van der Waals surface area (Å²) in [5.41, 5.74) is 1.30. The molecular weight excluding hydrogens is 294 g/mol. The summed E-state index contributed by atoms with van der Waals surface area (Å²) in [5, 5.41) is 6.21. The van der Waals surface area contributed by atoms with E-state index in [-0.39, 0.29) is 0 Å². The van der Waals surface area contributed by atoms with E-state index in [0.29, 0.717) is 5.92 Å². The molecule has 2 nitrogen and oxygen atoms in total. The lowest BCUT2D eigenvalue weighted by Gasteiger charge is -2.16. The molecule has 0 aliphatic rings. The number of hydrogen-bond donors (Lipinski definition) is 1. The van der Waals surface area contributed by atoms with E-state index in [1.54, 1.807) is 0 Å². The van der Waals surface area contributed by atoms with E-state index in [1.165, 1.54) is 42.0 Å². The fourth-order valence-corrected chi connectivity index (χ4v) is 2.93. The Kier molecular flexibility index (Phi) is 8.11. The van der Waals surface area contributed by atoms with Gasteiger partial charge < -0.3 is 10.1 Å². The highest BCUT2D eigenvalue weighted by atomic mass is 16.5. The van der Waals surface area contributed by atoms with Crippen LogP contribution in [0.15, 0.2) is 36.4 Å². The van der Waals surface area contributed by atoms with Gasteiger partial charge in [0.05, 0.1) is 6.61 Å². The van der Waals surface area contributed by atoms with Gasteiger partial charge >= 0.3 is 0 Å². The molecule has 0 unspecified atom stereocenters. The molecule has 2 heteroatoms. The monoisotopic (exact) mass is 327 g/mol. The van der Waals surface area contributed by atoms with E-state index in [1.807, 2.05) is 0 Å². The number of benzene rings is 2. The lowest BCUT2D eigenvalue weighted by atomic mass is 10.0. The number of unbranched alkanes of at least 4 members (excludes halogenated alkanes) is 3. The minimum Gasteiger partial charge on any atom is -0.493 e. The summed E-state index contributed by atoms with van der Waals surface area (Å²) in [6, 6.07) is 12.9. The molecule has 2 aromatic rings. The summed E-state index contributed by atoms with van der Waals surface area (Å²) in [7, 11) is 0. The molecule has 0 heterocycles. The fourth-order valence-electron chi connectivity index (χ4n) is 2.93. The van der Waals surface area contributed by atoms with E-state index in [9.17, 15) is 0 Å². The molecule has 0 amide bonds. The minimum atomic E-state index is 0.672. The van der Waals surface area contributed by atoms with E-state index in [2.05, 4.69) is 62.5 Å². The highest BCUT2D eigenvalue weighted by Crippen LogP contribution is 2.28. The molecule has 0 aromatic heterocycles. The van der Waals surface area contributed by atoms with Crippen LogP contribution in [0.4, 0.5) is 0 Å². The van der Waals surface area contributed by atoms with E-state index in [0.717, 1.165) is 31.9 Å². The second kappa shape index (κ2) is 10.4. The second-order valence-electron chi connectivity index (χ2n) is 7.03. The third-order valence-corrected chi connectivity index (χ3v) is 4.46. The molecule has 2 aromatic carbocycles. The molecule has 0 aliphatic carbocycles. The molecule has 0 fully saturated rings. The van der Waals surface area contributed by atoms with Crippen LogP contribution in [-0.4, -0.2) is 13.2 Å². The number of nitrogens with one attached hydrogen (secondary N) is 1. The standard InChI is InChI=1S/C22H33NO/c1-4-5-6-9-15-23-17-21-20-11-8-7-10-19(20)12-13-22(21)24-16-14-18(2)3/h7-8,10-13,18,23H,4-6,9,14-17H2,1-3H3. The normalized spacial score (nSPS) is 11.3. The van der Waals surface area contributed by atoms with Crippen LogP contribution in [0.3, 0.4) is 0 Å². The van der Waals surface area contributed by atoms with Crippen LogP contribution in [0.25, 0.3) is 10.8 Å². The van der Waals surface area contributed by atoms with Crippen LogP contribution in [0.2, 0.25) is 0 Å². The van der Waals surface area contributed by atoms with Crippen LogP contribution >= 0.6 is 0 Å². The maximum atomic E-state index is 6.11. The van der Waals surface area contributed by atoms with Gasteiger partial charge in [-0.15, -0.1) is 0 Å².